The highest BCUT2D eigenvalue weighted by Gasteiger charge is 2.04. The summed E-state index contributed by atoms with van der Waals surface area (Å²) in [5.74, 6) is -0.0445. The van der Waals surface area contributed by atoms with Crippen molar-refractivity contribution >= 4 is 17.5 Å². The van der Waals surface area contributed by atoms with E-state index in [9.17, 15) is 4.79 Å². The molecule has 0 aliphatic heterocycles. The third-order valence-corrected chi connectivity index (χ3v) is 2.75. The van der Waals surface area contributed by atoms with Gasteiger partial charge in [0.2, 0.25) is 5.91 Å². The molecule has 1 rings (SSSR count). The van der Waals surface area contributed by atoms with Crippen molar-refractivity contribution in [2.75, 3.05) is 26.2 Å². The Labute approximate surface area is 107 Å². The lowest BCUT2D eigenvalue weighted by Crippen LogP contribution is -2.36. The minimum absolute atomic E-state index is 0.0445. The lowest BCUT2D eigenvalue weighted by Gasteiger charge is -2.17. The SMILES string of the molecule is CCN(CC)CCNC(=O)Cn1cc(Cl)cn1. The minimum Gasteiger partial charge on any atom is -0.353 e. The largest absolute Gasteiger partial charge is 0.353 e. The van der Waals surface area contributed by atoms with Gasteiger partial charge in [0.15, 0.2) is 0 Å². The molecular formula is C11H19ClN4O. The molecular weight excluding hydrogens is 240 g/mol. The highest BCUT2D eigenvalue weighted by atomic mass is 35.5. The van der Waals surface area contributed by atoms with Crippen molar-refractivity contribution in [2.45, 2.75) is 20.4 Å². The fourth-order valence-electron chi connectivity index (χ4n) is 1.52. The fraction of sp³-hybridized carbons (Fsp3) is 0.636. The van der Waals surface area contributed by atoms with Crippen molar-refractivity contribution in [1.29, 1.82) is 0 Å². The first-order valence-corrected chi connectivity index (χ1v) is 6.20. The highest BCUT2D eigenvalue weighted by Crippen LogP contribution is 2.03. The molecule has 6 heteroatoms. The number of carbonyl (C=O) groups is 1. The Morgan fingerprint density at radius 1 is 1.53 bits per heavy atom. The Bertz CT molecular complexity index is 349. The van der Waals surface area contributed by atoms with Crippen molar-refractivity contribution < 1.29 is 4.79 Å². The van der Waals surface area contributed by atoms with Crippen molar-refractivity contribution in [3.8, 4) is 0 Å². The lowest BCUT2D eigenvalue weighted by molar-refractivity contribution is -0.121. The maximum absolute atomic E-state index is 11.5. The van der Waals surface area contributed by atoms with Gasteiger partial charge in [0.05, 0.1) is 11.2 Å². The number of hydrogen-bond donors (Lipinski definition) is 1. The van der Waals surface area contributed by atoms with Gasteiger partial charge in [-0.2, -0.15) is 5.10 Å². The average Bonchev–Trinajstić information content (AvgIpc) is 2.70. The molecule has 17 heavy (non-hydrogen) atoms. The summed E-state index contributed by atoms with van der Waals surface area (Å²) in [6.07, 6.45) is 3.15. The smallest absolute Gasteiger partial charge is 0.241 e. The van der Waals surface area contributed by atoms with E-state index in [1.165, 1.54) is 10.9 Å². The van der Waals surface area contributed by atoms with E-state index in [1.54, 1.807) is 6.20 Å². The van der Waals surface area contributed by atoms with Crippen molar-refractivity contribution in [3.63, 3.8) is 0 Å². The maximum Gasteiger partial charge on any atom is 0.241 e. The number of nitrogens with one attached hydrogen (secondary N) is 1. The van der Waals surface area contributed by atoms with Crippen LogP contribution in [0.2, 0.25) is 5.02 Å². The normalized spacial score (nSPS) is 10.8. The van der Waals surface area contributed by atoms with E-state index >= 15 is 0 Å². The van der Waals surface area contributed by atoms with Gasteiger partial charge in [-0.25, -0.2) is 0 Å². The summed E-state index contributed by atoms with van der Waals surface area (Å²) in [5, 5.41) is 7.34. The van der Waals surface area contributed by atoms with Crippen LogP contribution in [-0.2, 0) is 11.3 Å². The fourth-order valence-corrected chi connectivity index (χ4v) is 1.68. The summed E-state index contributed by atoms with van der Waals surface area (Å²) in [6, 6.07) is 0. The van der Waals surface area contributed by atoms with Gasteiger partial charge in [-0.1, -0.05) is 25.4 Å². The zero-order chi connectivity index (χ0) is 12.7. The van der Waals surface area contributed by atoms with E-state index in [4.69, 9.17) is 11.6 Å². The zero-order valence-electron chi connectivity index (χ0n) is 10.3. The standard InChI is InChI=1S/C11H19ClN4O/c1-3-15(4-2)6-5-13-11(17)9-16-8-10(12)7-14-16/h7-8H,3-6,9H2,1-2H3,(H,13,17). The molecule has 0 saturated carbocycles. The summed E-state index contributed by atoms with van der Waals surface area (Å²) < 4.78 is 1.52. The Hall–Kier alpha value is -1.07. The molecule has 1 aromatic rings. The molecule has 0 unspecified atom stereocenters. The number of halogens is 1. The van der Waals surface area contributed by atoms with E-state index in [0.717, 1.165) is 19.6 Å². The molecule has 0 bridgehead atoms. The summed E-state index contributed by atoms with van der Waals surface area (Å²) in [7, 11) is 0. The van der Waals surface area contributed by atoms with E-state index in [0.29, 0.717) is 11.6 Å². The molecule has 0 aromatic carbocycles. The number of carbonyl (C=O) groups excluding carboxylic acids is 1. The van der Waals surface area contributed by atoms with Crippen LogP contribution in [0.4, 0.5) is 0 Å². The molecule has 0 saturated heterocycles. The Morgan fingerprint density at radius 2 is 2.24 bits per heavy atom. The second-order valence-electron chi connectivity index (χ2n) is 3.73. The molecule has 96 valence electrons. The minimum atomic E-state index is -0.0445. The Balaban J connectivity index is 2.21. The van der Waals surface area contributed by atoms with Gasteiger partial charge >= 0.3 is 0 Å². The Kier molecular flexibility index (Phi) is 6.00. The summed E-state index contributed by atoms with van der Waals surface area (Å²) in [6.45, 7) is 7.97. The maximum atomic E-state index is 11.5. The van der Waals surface area contributed by atoms with Crippen LogP contribution in [0.1, 0.15) is 13.8 Å². The second kappa shape index (κ2) is 7.29. The summed E-state index contributed by atoms with van der Waals surface area (Å²) in [5.41, 5.74) is 0. The molecule has 0 radical (unpaired) electrons. The second-order valence-corrected chi connectivity index (χ2v) is 4.17. The van der Waals surface area contributed by atoms with Crippen LogP contribution in [0.25, 0.3) is 0 Å². The van der Waals surface area contributed by atoms with Gasteiger partial charge in [-0.15, -0.1) is 0 Å². The van der Waals surface area contributed by atoms with E-state index in [1.807, 2.05) is 0 Å². The molecule has 0 atom stereocenters. The van der Waals surface area contributed by atoms with E-state index < -0.39 is 0 Å². The van der Waals surface area contributed by atoms with Crippen LogP contribution in [-0.4, -0.2) is 46.8 Å². The number of aromatic nitrogens is 2. The molecule has 0 spiro atoms. The van der Waals surface area contributed by atoms with Gasteiger partial charge < -0.3 is 10.2 Å². The predicted molar refractivity (Wildman–Crippen MR) is 68.0 cm³/mol. The van der Waals surface area contributed by atoms with Crippen molar-refractivity contribution in [3.05, 3.63) is 17.4 Å². The summed E-state index contributed by atoms with van der Waals surface area (Å²) >= 11 is 5.71. The zero-order valence-corrected chi connectivity index (χ0v) is 11.1. The lowest BCUT2D eigenvalue weighted by atomic mass is 10.4. The van der Waals surface area contributed by atoms with Crippen molar-refractivity contribution in [2.24, 2.45) is 0 Å². The van der Waals surface area contributed by atoms with E-state index in [2.05, 4.69) is 29.2 Å². The van der Waals surface area contributed by atoms with Gasteiger partial charge in [-0.3, -0.25) is 9.48 Å². The molecule has 0 fully saturated rings. The first kappa shape index (κ1) is 14.0. The monoisotopic (exact) mass is 258 g/mol. The highest BCUT2D eigenvalue weighted by molar-refractivity contribution is 6.30. The molecule has 1 amide bonds. The quantitative estimate of drug-likeness (QED) is 0.794. The molecule has 5 nitrogen and oxygen atoms in total. The molecule has 0 aliphatic carbocycles. The molecule has 0 aliphatic rings. The van der Waals surface area contributed by atoms with Crippen molar-refractivity contribution in [1.82, 2.24) is 20.0 Å². The molecule has 1 aromatic heterocycles. The predicted octanol–water partition coefficient (Wildman–Crippen LogP) is 0.994. The van der Waals surface area contributed by atoms with Gasteiger partial charge in [-0.05, 0) is 13.1 Å². The third kappa shape index (κ3) is 5.19. The number of rotatable bonds is 7. The van der Waals surface area contributed by atoms with Crippen LogP contribution < -0.4 is 5.32 Å². The van der Waals surface area contributed by atoms with Crippen LogP contribution in [0.5, 0.6) is 0 Å². The van der Waals surface area contributed by atoms with Gasteiger partial charge in [0, 0.05) is 19.3 Å². The molecule has 1 heterocycles. The summed E-state index contributed by atoms with van der Waals surface area (Å²) in [4.78, 5) is 13.8. The van der Waals surface area contributed by atoms with Gasteiger partial charge in [0.1, 0.15) is 6.54 Å². The first-order valence-electron chi connectivity index (χ1n) is 5.82. The van der Waals surface area contributed by atoms with Crippen LogP contribution >= 0.6 is 11.6 Å². The topological polar surface area (TPSA) is 50.2 Å². The van der Waals surface area contributed by atoms with Crippen LogP contribution in [0.3, 0.4) is 0 Å². The van der Waals surface area contributed by atoms with Crippen LogP contribution in [0.15, 0.2) is 12.4 Å². The number of amides is 1. The van der Waals surface area contributed by atoms with Crippen LogP contribution in [0, 0.1) is 0 Å². The van der Waals surface area contributed by atoms with Gasteiger partial charge in [0.25, 0.3) is 0 Å². The van der Waals surface area contributed by atoms with E-state index in [-0.39, 0.29) is 12.5 Å². The molecule has 1 N–H and O–H groups in total. The first-order chi connectivity index (χ1) is 8.15. The number of likely N-dealkylation sites (N-methyl/N-ethyl adjacent to an activating group) is 1. The average molecular weight is 259 g/mol. The third-order valence-electron chi connectivity index (χ3n) is 2.55. The number of nitrogens with zero attached hydrogens (tertiary/aromatic N) is 3. The Morgan fingerprint density at radius 3 is 2.76 bits per heavy atom. The number of hydrogen-bond acceptors (Lipinski definition) is 3.